The first-order chi connectivity index (χ1) is 7.68. The van der Waals surface area contributed by atoms with Gasteiger partial charge in [-0.1, -0.05) is 37.4 Å². The second-order valence-electron chi connectivity index (χ2n) is 4.72. The van der Waals surface area contributed by atoms with Crippen LogP contribution in [-0.4, -0.2) is 6.04 Å². The van der Waals surface area contributed by atoms with Gasteiger partial charge in [-0.25, -0.2) is 0 Å². The SMILES string of the molecule is C[C@@H]1CCCC[C@H]1Nc1c(N)cccc1Cl. The van der Waals surface area contributed by atoms with Crippen molar-refractivity contribution >= 4 is 23.0 Å². The van der Waals surface area contributed by atoms with Crippen molar-refractivity contribution in [3.63, 3.8) is 0 Å². The molecule has 2 nitrogen and oxygen atoms in total. The Kier molecular flexibility index (Phi) is 3.59. The van der Waals surface area contributed by atoms with E-state index in [4.69, 9.17) is 17.3 Å². The van der Waals surface area contributed by atoms with Crippen LogP contribution in [0.5, 0.6) is 0 Å². The Balaban J connectivity index is 2.13. The van der Waals surface area contributed by atoms with Gasteiger partial charge in [-0.3, -0.25) is 0 Å². The molecule has 3 N–H and O–H groups in total. The van der Waals surface area contributed by atoms with Gasteiger partial charge >= 0.3 is 0 Å². The van der Waals surface area contributed by atoms with Crippen LogP contribution in [0.25, 0.3) is 0 Å². The van der Waals surface area contributed by atoms with Gasteiger partial charge in [0.25, 0.3) is 0 Å². The molecule has 1 fully saturated rings. The van der Waals surface area contributed by atoms with Crippen molar-refractivity contribution in [1.82, 2.24) is 0 Å². The molecule has 0 saturated heterocycles. The van der Waals surface area contributed by atoms with Crippen molar-refractivity contribution in [2.75, 3.05) is 11.1 Å². The summed E-state index contributed by atoms with van der Waals surface area (Å²) in [5.74, 6) is 0.699. The predicted octanol–water partition coefficient (Wildman–Crippen LogP) is 3.91. The highest BCUT2D eigenvalue weighted by Crippen LogP contribution is 2.33. The Morgan fingerprint density at radius 3 is 2.75 bits per heavy atom. The molecule has 1 aliphatic rings. The van der Waals surface area contributed by atoms with Gasteiger partial charge in [0.15, 0.2) is 0 Å². The standard InChI is InChI=1S/C13H19ClN2/c1-9-5-2-3-8-12(9)16-13-10(14)6-4-7-11(13)15/h4,6-7,9,12,16H,2-3,5,8,15H2,1H3/t9-,12-/m1/s1. The van der Waals surface area contributed by atoms with E-state index in [0.717, 1.165) is 16.4 Å². The molecule has 16 heavy (non-hydrogen) atoms. The van der Waals surface area contributed by atoms with Gasteiger partial charge in [0.1, 0.15) is 0 Å². The number of hydrogen-bond acceptors (Lipinski definition) is 2. The molecular weight excluding hydrogens is 220 g/mol. The number of nitrogen functional groups attached to an aromatic ring is 1. The van der Waals surface area contributed by atoms with E-state index in [1.807, 2.05) is 18.2 Å². The van der Waals surface area contributed by atoms with Gasteiger partial charge in [0.2, 0.25) is 0 Å². The second kappa shape index (κ2) is 4.96. The monoisotopic (exact) mass is 238 g/mol. The van der Waals surface area contributed by atoms with Crippen LogP contribution in [0.3, 0.4) is 0 Å². The average molecular weight is 239 g/mol. The number of nitrogens with two attached hydrogens (primary N) is 1. The van der Waals surface area contributed by atoms with E-state index in [-0.39, 0.29) is 0 Å². The van der Waals surface area contributed by atoms with Gasteiger partial charge in [-0.05, 0) is 30.9 Å². The van der Waals surface area contributed by atoms with Crippen LogP contribution in [0.15, 0.2) is 18.2 Å². The molecule has 1 aromatic carbocycles. The van der Waals surface area contributed by atoms with Crippen LogP contribution in [0.4, 0.5) is 11.4 Å². The quantitative estimate of drug-likeness (QED) is 0.767. The molecule has 0 aliphatic heterocycles. The zero-order valence-electron chi connectivity index (χ0n) is 9.67. The van der Waals surface area contributed by atoms with Gasteiger partial charge in [-0.15, -0.1) is 0 Å². The van der Waals surface area contributed by atoms with Crippen LogP contribution in [-0.2, 0) is 0 Å². The number of nitrogens with one attached hydrogen (secondary N) is 1. The fourth-order valence-corrected chi connectivity index (χ4v) is 2.65. The fourth-order valence-electron chi connectivity index (χ4n) is 2.41. The van der Waals surface area contributed by atoms with Crippen LogP contribution in [0.1, 0.15) is 32.6 Å². The maximum absolute atomic E-state index is 6.15. The molecular formula is C13H19ClN2. The van der Waals surface area contributed by atoms with Gasteiger partial charge in [-0.2, -0.15) is 0 Å². The van der Waals surface area contributed by atoms with E-state index in [1.54, 1.807) is 0 Å². The summed E-state index contributed by atoms with van der Waals surface area (Å²) in [6.45, 7) is 2.30. The summed E-state index contributed by atoms with van der Waals surface area (Å²) in [7, 11) is 0. The molecule has 0 bridgehead atoms. The van der Waals surface area contributed by atoms with E-state index in [1.165, 1.54) is 25.7 Å². The minimum Gasteiger partial charge on any atom is -0.397 e. The minimum absolute atomic E-state index is 0.510. The summed E-state index contributed by atoms with van der Waals surface area (Å²) in [4.78, 5) is 0. The highest BCUT2D eigenvalue weighted by molar-refractivity contribution is 6.33. The topological polar surface area (TPSA) is 38.0 Å². The molecule has 0 amide bonds. The maximum atomic E-state index is 6.15. The molecule has 3 heteroatoms. The molecule has 1 aliphatic carbocycles. The summed E-state index contributed by atoms with van der Waals surface area (Å²) in [5.41, 5.74) is 7.58. The second-order valence-corrected chi connectivity index (χ2v) is 5.12. The molecule has 0 heterocycles. The molecule has 1 saturated carbocycles. The van der Waals surface area contributed by atoms with Gasteiger partial charge in [0.05, 0.1) is 16.4 Å². The largest absolute Gasteiger partial charge is 0.397 e. The lowest BCUT2D eigenvalue weighted by Crippen LogP contribution is -2.30. The first-order valence-corrected chi connectivity index (χ1v) is 6.37. The summed E-state index contributed by atoms with van der Waals surface area (Å²) in [6, 6.07) is 6.17. The van der Waals surface area contributed by atoms with E-state index in [0.29, 0.717) is 12.0 Å². The summed E-state index contributed by atoms with van der Waals surface area (Å²) < 4.78 is 0. The molecule has 0 radical (unpaired) electrons. The van der Waals surface area contributed by atoms with Crippen molar-refractivity contribution in [2.24, 2.45) is 5.92 Å². The molecule has 0 aromatic heterocycles. The molecule has 88 valence electrons. The Morgan fingerprint density at radius 2 is 2.06 bits per heavy atom. The van der Waals surface area contributed by atoms with Crippen molar-refractivity contribution in [3.05, 3.63) is 23.2 Å². The summed E-state index contributed by atoms with van der Waals surface area (Å²) in [6.07, 6.45) is 5.15. The number of anilines is 2. The highest BCUT2D eigenvalue weighted by Gasteiger charge is 2.22. The van der Waals surface area contributed by atoms with Crippen LogP contribution in [0.2, 0.25) is 5.02 Å². The molecule has 2 rings (SSSR count). The van der Waals surface area contributed by atoms with Crippen molar-refractivity contribution in [3.8, 4) is 0 Å². The van der Waals surface area contributed by atoms with E-state index >= 15 is 0 Å². The number of halogens is 1. The van der Waals surface area contributed by atoms with Crippen molar-refractivity contribution in [1.29, 1.82) is 0 Å². The zero-order chi connectivity index (χ0) is 11.5. The third-order valence-corrected chi connectivity index (χ3v) is 3.80. The summed E-state index contributed by atoms with van der Waals surface area (Å²) in [5, 5.41) is 4.23. The number of para-hydroxylation sites is 1. The predicted molar refractivity (Wildman–Crippen MR) is 70.9 cm³/mol. The lowest BCUT2D eigenvalue weighted by molar-refractivity contribution is 0.349. The Bertz CT molecular complexity index is 345. The third-order valence-electron chi connectivity index (χ3n) is 3.49. The van der Waals surface area contributed by atoms with Crippen LogP contribution in [0, 0.1) is 5.92 Å². The Morgan fingerprint density at radius 1 is 1.31 bits per heavy atom. The zero-order valence-corrected chi connectivity index (χ0v) is 10.4. The number of hydrogen-bond donors (Lipinski definition) is 2. The molecule has 0 spiro atoms. The smallest absolute Gasteiger partial charge is 0.0765 e. The van der Waals surface area contributed by atoms with Crippen molar-refractivity contribution < 1.29 is 0 Å². The van der Waals surface area contributed by atoms with E-state index in [2.05, 4.69) is 12.2 Å². The van der Waals surface area contributed by atoms with E-state index in [9.17, 15) is 0 Å². The Hall–Kier alpha value is -0.890. The summed E-state index contributed by atoms with van der Waals surface area (Å²) >= 11 is 6.15. The third kappa shape index (κ3) is 2.43. The first kappa shape index (κ1) is 11.6. The highest BCUT2D eigenvalue weighted by atomic mass is 35.5. The molecule has 1 aromatic rings. The van der Waals surface area contributed by atoms with Crippen LogP contribution < -0.4 is 11.1 Å². The first-order valence-electron chi connectivity index (χ1n) is 5.99. The van der Waals surface area contributed by atoms with Crippen molar-refractivity contribution in [2.45, 2.75) is 38.6 Å². The fraction of sp³-hybridized carbons (Fsp3) is 0.538. The average Bonchev–Trinajstić information content (AvgIpc) is 2.26. The normalized spacial score (nSPS) is 25.4. The van der Waals surface area contributed by atoms with Gasteiger partial charge in [0, 0.05) is 6.04 Å². The molecule has 2 atom stereocenters. The Labute approximate surface area is 102 Å². The van der Waals surface area contributed by atoms with Crippen LogP contribution >= 0.6 is 11.6 Å². The number of benzene rings is 1. The molecule has 0 unspecified atom stereocenters. The van der Waals surface area contributed by atoms with E-state index < -0.39 is 0 Å². The maximum Gasteiger partial charge on any atom is 0.0765 e. The minimum atomic E-state index is 0.510. The van der Waals surface area contributed by atoms with Gasteiger partial charge < -0.3 is 11.1 Å². The lowest BCUT2D eigenvalue weighted by Gasteiger charge is -2.31. The number of rotatable bonds is 2. The lowest BCUT2D eigenvalue weighted by atomic mass is 9.86.